The number of aliphatic hydroxyl groups is 1. The van der Waals surface area contributed by atoms with E-state index < -0.39 is 12.7 Å². The molecule has 0 radical (unpaired) electrons. The molecule has 0 spiro atoms. The number of allylic oxidation sites excluding steroid dienone is 1. The fourth-order valence-electron chi connectivity index (χ4n) is 1.93. The lowest BCUT2D eigenvalue weighted by atomic mass is 10.1. The van der Waals surface area contributed by atoms with Gasteiger partial charge in [-0.25, -0.2) is 0 Å². The summed E-state index contributed by atoms with van der Waals surface area (Å²) in [7, 11) is 0. The number of ether oxygens (including phenoxy) is 1. The molecule has 1 aromatic heterocycles. The number of benzene rings is 1. The quantitative estimate of drug-likeness (QED) is 0.590. The molecule has 0 fully saturated rings. The van der Waals surface area contributed by atoms with Crippen molar-refractivity contribution in [2.45, 2.75) is 31.3 Å². The van der Waals surface area contributed by atoms with E-state index in [9.17, 15) is 13.9 Å². The molecule has 2 aromatic rings. The summed E-state index contributed by atoms with van der Waals surface area (Å²) >= 11 is 1.37. The molecule has 23 heavy (non-hydrogen) atoms. The zero-order valence-electron chi connectivity index (χ0n) is 12.5. The third kappa shape index (κ3) is 4.77. The van der Waals surface area contributed by atoms with E-state index in [0.29, 0.717) is 23.0 Å². The summed E-state index contributed by atoms with van der Waals surface area (Å²) in [6, 6.07) is 5.92. The van der Waals surface area contributed by atoms with Crippen LogP contribution in [0.2, 0.25) is 0 Å². The molecule has 0 aliphatic carbocycles. The first-order valence-electron chi connectivity index (χ1n) is 6.87. The van der Waals surface area contributed by atoms with Crippen LogP contribution in [0.3, 0.4) is 0 Å². The van der Waals surface area contributed by atoms with E-state index in [1.165, 1.54) is 23.9 Å². The number of aryl methyl sites for hydroxylation is 1. The second-order valence-electron chi connectivity index (χ2n) is 4.70. The minimum Gasteiger partial charge on any atom is -0.435 e. The SMILES string of the molecule is C=CCn1c(C)nnc1SCC(O)c1ccc(OC(F)F)cc1. The molecule has 0 bridgehead atoms. The van der Waals surface area contributed by atoms with Gasteiger partial charge in [-0.15, -0.1) is 16.8 Å². The van der Waals surface area contributed by atoms with E-state index in [-0.39, 0.29) is 5.75 Å². The summed E-state index contributed by atoms with van der Waals surface area (Å²) in [6.07, 6.45) is 0.994. The Hall–Kier alpha value is -1.93. The van der Waals surface area contributed by atoms with Gasteiger partial charge in [-0.05, 0) is 24.6 Å². The molecule has 1 unspecified atom stereocenters. The molecular formula is C15H17F2N3O2S. The largest absolute Gasteiger partial charge is 0.435 e. The minimum absolute atomic E-state index is 0.0601. The van der Waals surface area contributed by atoms with Crippen molar-refractivity contribution in [2.75, 3.05) is 5.75 Å². The average molecular weight is 341 g/mol. The fourth-order valence-corrected chi connectivity index (χ4v) is 2.89. The monoisotopic (exact) mass is 341 g/mol. The molecule has 124 valence electrons. The predicted molar refractivity (Wildman–Crippen MR) is 83.7 cm³/mol. The van der Waals surface area contributed by atoms with Gasteiger partial charge in [0, 0.05) is 12.3 Å². The summed E-state index contributed by atoms with van der Waals surface area (Å²) in [5.74, 6) is 1.20. The Bertz CT molecular complexity index is 647. The third-order valence-electron chi connectivity index (χ3n) is 3.07. The number of aromatic nitrogens is 3. The minimum atomic E-state index is -2.86. The Kier molecular flexibility index (Phi) is 6.12. The van der Waals surface area contributed by atoms with Crippen LogP contribution in [-0.4, -0.2) is 32.2 Å². The maximum absolute atomic E-state index is 12.1. The van der Waals surface area contributed by atoms with Crippen molar-refractivity contribution in [3.8, 4) is 5.75 Å². The molecule has 5 nitrogen and oxygen atoms in total. The Morgan fingerprint density at radius 2 is 2.04 bits per heavy atom. The standard InChI is InChI=1S/C15H17F2N3O2S/c1-3-8-20-10(2)18-19-15(20)23-9-13(21)11-4-6-12(7-5-11)22-14(16)17/h3-7,13-14,21H,1,8-9H2,2H3. The van der Waals surface area contributed by atoms with Crippen molar-refractivity contribution >= 4 is 11.8 Å². The lowest BCUT2D eigenvalue weighted by Crippen LogP contribution is -2.05. The third-order valence-corrected chi connectivity index (χ3v) is 4.12. The van der Waals surface area contributed by atoms with Crippen molar-refractivity contribution in [1.82, 2.24) is 14.8 Å². The van der Waals surface area contributed by atoms with Gasteiger partial charge in [0.15, 0.2) is 5.16 Å². The van der Waals surface area contributed by atoms with Gasteiger partial charge in [-0.1, -0.05) is 30.0 Å². The zero-order chi connectivity index (χ0) is 16.8. The number of rotatable bonds is 8. The number of hydrogen-bond donors (Lipinski definition) is 1. The van der Waals surface area contributed by atoms with E-state index in [0.717, 1.165) is 5.82 Å². The highest BCUT2D eigenvalue weighted by Crippen LogP contribution is 2.25. The van der Waals surface area contributed by atoms with Gasteiger partial charge >= 0.3 is 6.61 Å². The Morgan fingerprint density at radius 3 is 2.65 bits per heavy atom. The van der Waals surface area contributed by atoms with Crippen molar-refractivity contribution in [3.63, 3.8) is 0 Å². The normalized spacial score (nSPS) is 12.4. The van der Waals surface area contributed by atoms with E-state index in [1.807, 2.05) is 11.5 Å². The van der Waals surface area contributed by atoms with Crippen LogP contribution in [0.1, 0.15) is 17.5 Å². The van der Waals surface area contributed by atoms with E-state index in [1.54, 1.807) is 18.2 Å². The van der Waals surface area contributed by atoms with Crippen LogP contribution in [0.5, 0.6) is 5.75 Å². The van der Waals surface area contributed by atoms with Gasteiger partial charge < -0.3 is 14.4 Å². The van der Waals surface area contributed by atoms with Crippen molar-refractivity contribution < 1.29 is 18.6 Å². The summed E-state index contributed by atoms with van der Waals surface area (Å²) in [6.45, 7) is 3.27. The second kappa shape index (κ2) is 8.07. The van der Waals surface area contributed by atoms with E-state index in [4.69, 9.17) is 0 Å². The highest BCUT2D eigenvalue weighted by atomic mass is 32.2. The van der Waals surface area contributed by atoms with Crippen LogP contribution in [0, 0.1) is 6.92 Å². The van der Waals surface area contributed by atoms with Crippen LogP contribution in [0.15, 0.2) is 42.1 Å². The van der Waals surface area contributed by atoms with Crippen LogP contribution < -0.4 is 4.74 Å². The summed E-state index contributed by atoms with van der Waals surface area (Å²) in [5.41, 5.74) is 0.616. The van der Waals surface area contributed by atoms with Crippen LogP contribution in [-0.2, 0) is 6.54 Å². The zero-order valence-corrected chi connectivity index (χ0v) is 13.3. The smallest absolute Gasteiger partial charge is 0.387 e. The number of nitrogens with zero attached hydrogens (tertiary/aromatic N) is 3. The Morgan fingerprint density at radius 1 is 1.35 bits per heavy atom. The summed E-state index contributed by atoms with van der Waals surface area (Å²) < 4.78 is 30.4. The fraction of sp³-hybridized carbons (Fsp3) is 0.333. The van der Waals surface area contributed by atoms with Crippen molar-refractivity contribution in [3.05, 3.63) is 48.3 Å². The molecule has 1 atom stereocenters. The first-order valence-corrected chi connectivity index (χ1v) is 7.86. The summed E-state index contributed by atoms with van der Waals surface area (Å²) in [4.78, 5) is 0. The number of halogens is 2. The number of aliphatic hydroxyl groups excluding tert-OH is 1. The lowest BCUT2D eigenvalue weighted by molar-refractivity contribution is -0.0498. The molecule has 2 rings (SSSR count). The number of thioether (sulfide) groups is 1. The lowest BCUT2D eigenvalue weighted by Gasteiger charge is -2.12. The highest BCUT2D eigenvalue weighted by Gasteiger charge is 2.13. The van der Waals surface area contributed by atoms with Gasteiger partial charge in [-0.3, -0.25) is 0 Å². The maximum atomic E-state index is 12.1. The Labute approximate surface area is 137 Å². The predicted octanol–water partition coefficient (Wildman–Crippen LogP) is 3.20. The summed E-state index contributed by atoms with van der Waals surface area (Å²) in [5, 5.41) is 18.9. The van der Waals surface area contributed by atoms with Gasteiger partial charge in [0.2, 0.25) is 0 Å². The molecule has 1 N–H and O–H groups in total. The molecule has 0 amide bonds. The van der Waals surface area contributed by atoms with Crippen molar-refractivity contribution in [1.29, 1.82) is 0 Å². The molecule has 0 aliphatic heterocycles. The van der Waals surface area contributed by atoms with E-state index >= 15 is 0 Å². The maximum Gasteiger partial charge on any atom is 0.387 e. The van der Waals surface area contributed by atoms with Crippen molar-refractivity contribution in [2.24, 2.45) is 0 Å². The first-order chi connectivity index (χ1) is 11.0. The molecule has 1 heterocycles. The molecule has 0 saturated heterocycles. The Balaban J connectivity index is 1.96. The van der Waals surface area contributed by atoms with Gasteiger partial charge in [0.05, 0.1) is 6.10 Å². The first kappa shape index (κ1) is 17.4. The second-order valence-corrected chi connectivity index (χ2v) is 5.69. The van der Waals surface area contributed by atoms with Gasteiger partial charge in [-0.2, -0.15) is 8.78 Å². The van der Waals surface area contributed by atoms with Gasteiger partial charge in [0.25, 0.3) is 0 Å². The van der Waals surface area contributed by atoms with Gasteiger partial charge in [0.1, 0.15) is 11.6 Å². The topological polar surface area (TPSA) is 60.2 Å². The molecule has 1 aromatic carbocycles. The average Bonchev–Trinajstić information content (AvgIpc) is 2.86. The number of hydrogen-bond acceptors (Lipinski definition) is 5. The highest BCUT2D eigenvalue weighted by molar-refractivity contribution is 7.99. The van der Waals surface area contributed by atoms with Crippen LogP contribution in [0.25, 0.3) is 0 Å². The molecule has 0 aliphatic rings. The number of alkyl halides is 2. The van der Waals surface area contributed by atoms with Crippen LogP contribution >= 0.6 is 11.8 Å². The van der Waals surface area contributed by atoms with Crippen LogP contribution in [0.4, 0.5) is 8.78 Å². The molecule has 0 saturated carbocycles. The van der Waals surface area contributed by atoms with E-state index in [2.05, 4.69) is 21.5 Å². The molecular weight excluding hydrogens is 324 g/mol. The molecule has 8 heteroatoms.